The van der Waals surface area contributed by atoms with E-state index in [1.165, 1.54) is 5.56 Å². The van der Waals surface area contributed by atoms with Crippen LogP contribution in [0.4, 0.5) is 0 Å². The van der Waals surface area contributed by atoms with E-state index in [0.717, 1.165) is 43.9 Å². The standard InChI is InChI=1S/C24H28N6O/c1-18-3-5-20(6-4-18)23-27-17-21(22(28-23)19-7-9-25-10-8-19)24(31)26-11-12-30-15-13-29(2)14-16-30/h3-10,17H,11-16H2,1-2H3,(H,26,31). The maximum absolute atomic E-state index is 13.0. The van der Waals surface area contributed by atoms with Crippen LogP contribution in [-0.4, -0.2) is 77.0 Å². The summed E-state index contributed by atoms with van der Waals surface area (Å²) in [6, 6.07) is 11.8. The zero-order valence-electron chi connectivity index (χ0n) is 18.1. The van der Waals surface area contributed by atoms with E-state index in [2.05, 4.69) is 32.1 Å². The number of aryl methyl sites for hydroxylation is 1. The molecule has 4 rings (SSSR count). The maximum Gasteiger partial charge on any atom is 0.255 e. The van der Waals surface area contributed by atoms with Gasteiger partial charge in [-0.2, -0.15) is 0 Å². The van der Waals surface area contributed by atoms with Crippen LogP contribution in [0.15, 0.2) is 55.0 Å². The summed E-state index contributed by atoms with van der Waals surface area (Å²) < 4.78 is 0. The van der Waals surface area contributed by atoms with Gasteiger partial charge >= 0.3 is 0 Å². The minimum Gasteiger partial charge on any atom is -0.351 e. The summed E-state index contributed by atoms with van der Waals surface area (Å²) in [6.45, 7) is 7.67. The molecular formula is C24H28N6O. The lowest BCUT2D eigenvalue weighted by Crippen LogP contribution is -2.46. The summed E-state index contributed by atoms with van der Waals surface area (Å²) in [5, 5.41) is 3.04. The highest BCUT2D eigenvalue weighted by Crippen LogP contribution is 2.24. The van der Waals surface area contributed by atoms with Crippen LogP contribution in [0.1, 0.15) is 15.9 Å². The van der Waals surface area contributed by atoms with Gasteiger partial charge in [-0.1, -0.05) is 29.8 Å². The van der Waals surface area contributed by atoms with Crippen LogP contribution in [-0.2, 0) is 0 Å². The Kier molecular flexibility index (Phi) is 6.64. The van der Waals surface area contributed by atoms with E-state index in [0.29, 0.717) is 23.6 Å². The largest absolute Gasteiger partial charge is 0.351 e. The molecule has 0 saturated carbocycles. The van der Waals surface area contributed by atoms with Crippen LogP contribution >= 0.6 is 0 Å². The molecule has 0 spiro atoms. The van der Waals surface area contributed by atoms with Crippen molar-refractivity contribution < 1.29 is 4.79 Å². The van der Waals surface area contributed by atoms with E-state index < -0.39 is 0 Å². The highest BCUT2D eigenvalue weighted by molar-refractivity contribution is 5.99. The van der Waals surface area contributed by atoms with Crippen LogP contribution in [0.2, 0.25) is 0 Å². The van der Waals surface area contributed by atoms with Crippen molar-refractivity contribution in [2.45, 2.75) is 6.92 Å². The van der Waals surface area contributed by atoms with E-state index >= 15 is 0 Å². The first-order valence-electron chi connectivity index (χ1n) is 10.6. The number of pyridine rings is 1. The van der Waals surface area contributed by atoms with E-state index in [1.807, 2.05) is 43.3 Å². The third-order valence-corrected chi connectivity index (χ3v) is 5.61. The van der Waals surface area contributed by atoms with Gasteiger partial charge in [0, 0.05) is 69.0 Å². The second-order valence-electron chi connectivity index (χ2n) is 7.96. The molecule has 1 aromatic carbocycles. The lowest BCUT2D eigenvalue weighted by Gasteiger charge is -2.32. The van der Waals surface area contributed by atoms with Gasteiger partial charge in [0.25, 0.3) is 5.91 Å². The number of nitrogens with one attached hydrogen (secondary N) is 1. The number of carbonyl (C=O) groups excluding carboxylic acids is 1. The monoisotopic (exact) mass is 416 g/mol. The van der Waals surface area contributed by atoms with Crippen LogP contribution < -0.4 is 5.32 Å². The molecule has 0 aliphatic carbocycles. The first-order chi connectivity index (χ1) is 15.1. The SMILES string of the molecule is Cc1ccc(-c2ncc(C(=O)NCCN3CCN(C)CC3)c(-c3ccncc3)n2)cc1. The van der Waals surface area contributed by atoms with Gasteiger partial charge in [0.2, 0.25) is 0 Å². The van der Waals surface area contributed by atoms with Crippen molar-refractivity contribution in [2.24, 2.45) is 0 Å². The summed E-state index contributed by atoms with van der Waals surface area (Å²) >= 11 is 0. The molecule has 1 fully saturated rings. The molecule has 7 nitrogen and oxygen atoms in total. The molecule has 7 heteroatoms. The second-order valence-corrected chi connectivity index (χ2v) is 7.96. The molecule has 3 aromatic rings. The summed E-state index contributed by atoms with van der Waals surface area (Å²) in [4.78, 5) is 31.0. The first kappa shape index (κ1) is 21.1. The van der Waals surface area contributed by atoms with E-state index in [4.69, 9.17) is 4.98 Å². The Balaban J connectivity index is 1.53. The molecule has 31 heavy (non-hydrogen) atoms. The number of carbonyl (C=O) groups is 1. The number of amides is 1. The molecule has 1 saturated heterocycles. The molecule has 160 valence electrons. The molecule has 3 heterocycles. The van der Waals surface area contributed by atoms with Gasteiger partial charge in [0.15, 0.2) is 5.82 Å². The van der Waals surface area contributed by atoms with Gasteiger partial charge in [-0.15, -0.1) is 0 Å². The van der Waals surface area contributed by atoms with Crippen LogP contribution in [0, 0.1) is 6.92 Å². The number of likely N-dealkylation sites (N-methyl/N-ethyl adjacent to an activating group) is 1. The third-order valence-electron chi connectivity index (χ3n) is 5.61. The molecule has 0 atom stereocenters. The smallest absolute Gasteiger partial charge is 0.255 e. The molecule has 1 aliphatic rings. The van der Waals surface area contributed by atoms with Crippen molar-refractivity contribution in [1.29, 1.82) is 0 Å². The number of aromatic nitrogens is 3. The fraction of sp³-hybridized carbons (Fsp3) is 0.333. The normalized spacial score (nSPS) is 15.0. The fourth-order valence-electron chi connectivity index (χ4n) is 3.61. The minimum atomic E-state index is -0.156. The topological polar surface area (TPSA) is 74.2 Å². The molecular weight excluding hydrogens is 388 g/mol. The third kappa shape index (κ3) is 5.31. The first-order valence-corrected chi connectivity index (χ1v) is 10.6. The Morgan fingerprint density at radius 3 is 2.42 bits per heavy atom. The summed E-state index contributed by atoms with van der Waals surface area (Å²) in [5.41, 5.74) is 4.03. The zero-order chi connectivity index (χ0) is 21.6. The molecule has 1 amide bonds. The number of nitrogens with zero attached hydrogens (tertiary/aromatic N) is 5. The van der Waals surface area contributed by atoms with Gasteiger partial charge in [-0.3, -0.25) is 14.7 Å². The highest BCUT2D eigenvalue weighted by atomic mass is 16.1. The summed E-state index contributed by atoms with van der Waals surface area (Å²) in [5.74, 6) is 0.442. The van der Waals surface area contributed by atoms with E-state index in [-0.39, 0.29) is 5.91 Å². The van der Waals surface area contributed by atoms with Crippen molar-refractivity contribution in [1.82, 2.24) is 30.1 Å². The van der Waals surface area contributed by atoms with E-state index in [9.17, 15) is 4.79 Å². The number of piperazine rings is 1. The van der Waals surface area contributed by atoms with Crippen LogP contribution in [0.25, 0.3) is 22.6 Å². The average molecular weight is 417 g/mol. The number of hydrogen-bond donors (Lipinski definition) is 1. The quantitative estimate of drug-likeness (QED) is 0.666. The summed E-state index contributed by atoms with van der Waals surface area (Å²) in [7, 11) is 2.14. The van der Waals surface area contributed by atoms with Crippen molar-refractivity contribution in [3.05, 3.63) is 66.1 Å². The van der Waals surface area contributed by atoms with Crippen LogP contribution in [0.5, 0.6) is 0 Å². The Bertz CT molecular complexity index is 1010. The molecule has 1 N–H and O–H groups in total. The van der Waals surface area contributed by atoms with Crippen molar-refractivity contribution >= 4 is 5.91 Å². The lowest BCUT2D eigenvalue weighted by molar-refractivity contribution is 0.0941. The predicted molar refractivity (Wildman–Crippen MR) is 122 cm³/mol. The van der Waals surface area contributed by atoms with Crippen LogP contribution in [0.3, 0.4) is 0 Å². The Labute approximate surface area is 183 Å². The summed E-state index contributed by atoms with van der Waals surface area (Å²) in [6.07, 6.45) is 5.04. The van der Waals surface area contributed by atoms with Gasteiger partial charge < -0.3 is 10.2 Å². The van der Waals surface area contributed by atoms with Gasteiger partial charge in [-0.05, 0) is 26.1 Å². The number of rotatable bonds is 6. The predicted octanol–water partition coefficient (Wildman–Crippen LogP) is 2.49. The minimum absolute atomic E-state index is 0.156. The molecule has 0 unspecified atom stereocenters. The molecule has 0 bridgehead atoms. The number of benzene rings is 1. The second kappa shape index (κ2) is 9.76. The lowest BCUT2D eigenvalue weighted by atomic mass is 10.1. The van der Waals surface area contributed by atoms with Gasteiger partial charge in [0.1, 0.15) is 0 Å². The molecule has 2 aromatic heterocycles. The Morgan fingerprint density at radius 2 is 1.71 bits per heavy atom. The van der Waals surface area contributed by atoms with Crippen molar-refractivity contribution in [3.63, 3.8) is 0 Å². The highest BCUT2D eigenvalue weighted by Gasteiger charge is 2.18. The van der Waals surface area contributed by atoms with E-state index in [1.54, 1.807) is 18.6 Å². The number of hydrogen-bond acceptors (Lipinski definition) is 6. The van der Waals surface area contributed by atoms with Crippen molar-refractivity contribution in [2.75, 3.05) is 46.3 Å². The van der Waals surface area contributed by atoms with Crippen molar-refractivity contribution in [3.8, 4) is 22.6 Å². The Morgan fingerprint density at radius 1 is 1.00 bits per heavy atom. The molecule has 0 radical (unpaired) electrons. The van der Waals surface area contributed by atoms with Gasteiger partial charge in [-0.25, -0.2) is 9.97 Å². The maximum atomic E-state index is 13.0. The fourth-order valence-corrected chi connectivity index (χ4v) is 3.61. The average Bonchev–Trinajstić information content (AvgIpc) is 2.81. The zero-order valence-corrected chi connectivity index (χ0v) is 18.1. The molecule has 1 aliphatic heterocycles. The Hall–Kier alpha value is -3.16. The van der Waals surface area contributed by atoms with Gasteiger partial charge in [0.05, 0.1) is 11.3 Å².